The van der Waals surface area contributed by atoms with Crippen LogP contribution in [0.2, 0.25) is 5.02 Å². The first kappa shape index (κ1) is 25.0. The summed E-state index contributed by atoms with van der Waals surface area (Å²) in [5, 5.41) is 16.7. The predicted molar refractivity (Wildman–Crippen MR) is 128 cm³/mol. The summed E-state index contributed by atoms with van der Waals surface area (Å²) in [7, 11) is 1.21. The Kier molecular flexibility index (Phi) is 8.79. The van der Waals surface area contributed by atoms with E-state index in [1.165, 1.54) is 7.11 Å². The zero-order valence-electron chi connectivity index (χ0n) is 18.5. The molecule has 34 heavy (non-hydrogen) atoms. The highest BCUT2D eigenvalue weighted by Crippen LogP contribution is 2.19. The second-order valence-electron chi connectivity index (χ2n) is 7.59. The summed E-state index contributed by atoms with van der Waals surface area (Å²) in [5.74, 6) is -1.95. The molecule has 0 saturated carbocycles. The number of carbonyl (C=O) groups is 3. The molecule has 0 radical (unpaired) electrons. The number of aliphatic hydroxyl groups excluding tert-OH is 1. The van der Waals surface area contributed by atoms with Crippen LogP contribution in [0.1, 0.15) is 27.5 Å². The van der Waals surface area contributed by atoms with Crippen LogP contribution in [0, 0.1) is 0 Å². The Labute approximate surface area is 202 Å². The highest BCUT2D eigenvalue weighted by molar-refractivity contribution is 6.30. The van der Waals surface area contributed by atoms with Crippen LogP contribution in [0.5, 0.6) is 0 Å². The molecule has 0 aromatic heterocycles. The third-order valence-corrected chi connectivity index (χ3v) is 5.47. The summed E-state index contributed by atoms with van der Waals surface area (Å²) >= 11 is 5.91. The number of esters is 1. The van der Waals surface area contributed by atoms with E-state index in [0.29, 0.717) is 16.1 Å². The van der Waals surface area contributed by atoms with Crippen molar-refractivity contribution in [3.05, 3.63) is 107 Å². The number of benzene rings is 3. The molecule has 3 atom stereocenters. The maximum absolute atomic E-state index is 13.0. The van der Waals surface area contributed by atoms with E-state index in [4.69, 9.17) is 16.3 Å². The van der Waals surface area contributed by atoms with Crippen molar-refractivity contribution in [1.82, 2.24) is 10.6 Å². The minimum Gasteiger partial charge on any atom is -0.467 e. The van der Waals surface area contributed by atoms with Crippen LogP contribution < -0.4 is 10.6 Å². The molecule has 0 unspecified atom stereocenters. The van der Waals surface area contributed by atoms with E-state index in [0.717, 1.165) is 5.56 Å². The van der Waals surface area contributed by atoms with Crippen molar-refractivity contribution in [1.29, 1.82) is 0 Å². The molecule has 7 nitrogen and oxygen atoms in total. The number of halogens is 1. The molecule has 3 rings (SSSR count). The Morgan fingerprint density at radius 2 is 1.47 bits per heavy atom. The number of carbonyl (C=O) groups excluding carboxylic acids is 3. The van der Waals surface area contributed by atoms with Gasteiger partial charge in [0, 0.05) is 17.0 Å². The molecule has 3 N–H and O–H groups in total. The molecule has 0 bridgehead atoms. The molecule has 0 saturated heterocycles. The topological polar surface area (TPSA) is 105 Å². The average Bonchev–Trinajstić information content (AvgIpc) is 2.88. The lowest BCUT2D eigenvalue weighted by atomic mass is 9.99. The zero-order chi connectivity index (χ0) is 24.5. The number of hydrogen-bond acceptors (Lipinski definition) is 5. The number of aliphatic hydroxyl groups is 1. The van der Waals surface area contributed by atoms with Crippen LogP contribution in [0.15, 0.2) is 84.9 Å². The van der Waals surface area contributed by atoms with Gasteiger partial charge in [-0.05, 0) is 35.4 Å². The van der Waals surface area contributed by atoms with Gasteiger partial charge in [-0.25, -0.2) is 4.79 Å². The van der Waals surface area contributed by atoms with E-state index < -0.39 is 36.0 Å². The quantitative estimate of drug-likeness (QED) is 0.408. The molecule has 0 aliphatic carbocycles. The van der Waals surface area contributed by atoms with Crippen LogP contribution in [0.3, 0.4) is 0 Å². The highest BCUT2D eigenvalue weighted by atomic mass is 35.5. The van der Waals surface area contributed by atoms with Crippen molar-refractivity contribution in [2.75, 3.05) is 7.11 Å². The van der Waals surface area contributed by atoms with Crippen LogP contribution in [-0.2, 0) is 20.7 Å². The second kappa shape index (κ2) is 12.0. The number of nitrogens with one attached hydrogen (secondary N) is 2. The van der Waals surface area contributed by atoms with Gasteiger partial charge < -0.3 is 20.5 Å². The molecule has 176 valence electrons. The van der Waals surface area contributed by atoms with E-state index >= 15 is 0 Å². The monoisotopic (exact) mass is 480 g/mol. The van der Waals surface area contributed by atoms with Gasteiger partial charge in [0.05, 0.1) is 13.2 Å². The Balaban J connectivity index is 1.80. The number of ether oxygens (including phenoxy) is 1. The summed E-state index contributed by atoms with van der Waals surface area (Å²) in [6.07, 6.45) is -1.54. The normalized spacial score (nSPS) is 13.3. The van der Waals surface area contributed by atoms with Gasteiger partial charge in [0.25, 0.3) is 11.8 Å². The third-order valence-electron chi connectivity index (χ3n) is 5.22. The second-order valence-corrected chi connectivity index (χ2v) is 8.02. The predicted octanol–water partition coefficient (Wildman–Crippen LogP) is 3.07. The summed E-state index contributed by atoms with van der Waals surface area (Å²) in [5.41, 5.74) is 1.65. The van der Waals surface area contributed by atoms with Crippen molar-refractivity contribution in [2.45, 2.75) is 24.6 Å². The molecule has 3 aromatic carbocycles. The Hall–Kier alpha value is -3.68. The van der Waals surface area contributed by atoms with Gasteiger partial charge in [0.15, 0.2) is 6.10 Å². The van der Waals surface area contributed by atoms with Gasteiger partial charge in [0.1, 0.15) is 6.04 Å². The van der Waals surface area contributed by atoms with Crippen LogP contribution in [-0.4, -0.2) is 42.1 Å². The Bertz CT molecular complexity index is 1110. The zero-order valence-corrected chi connectivity index (χ0v) is 19.2. The average molecular weight is 481 g/mol. The van der Waals surface area contributed by atoms with E-state index in [-0.39, 0.29) is 6.42 Å². The number of hydrogen-bond donors (Lipinski definition) is 3. The lowest BCUT2D eigenvalue weighted by molar-refractivity contribution is -0.146. The smallest absolute Gasteiger partial charge is 0.328 e. The highest BCUT2D eigenvalue weighted by Gasteiger charge is 2.32. The van der Waals surface area contributed by atoms with Crippen LogP contribution in [0.4, 0.5) is 0 Å². The van der Waals surface area contributed by atoms with Crippen molar-refractivity contribution in [2.24, 2.45) is 0 Å². The first-order valence-corrected chi connectivity index (χ1v) is 11.0. The lowest BCUT2D eigenvalue weighted by Gasteiger charge is -2.26. The molecule has 0 fully saturated rings. The molecule has 0 aliphatic rings. The fraction of sp³-hybridized carbons (Fsp3) is 0.192. The number of methoxy groups -OCH3 is 1. The Morgan fingerprint density at radius 1 is 0.882 bits per heavy atom. The van der Waals surface area contributed by atoms with Gasteiger partial charge >= 0.3 is 5.97 Å². The molecule has 8 heteroatoms. The van der Waals surface area contributed by atoms with Crippen molar-refractivity contribution >= 4 is 29.4 Å². The van der Waals surface area contributed by atoms with Gasteiger partial charge in [-0.3, -0.25) is 9.59 Å². The van der Waals surface area contributed by atoms with E-state index in [9.17, 15) is 19.5 Å². The van der Waals surface area contributed by atoms with Crippen molar-refractivity contribution in [3.63, 3.8) is 0 Å². The molecule has 0 heterocycles. The standard InChI is InChI=1S/C26H25ClN2O5/c1-34-26(33)21(16-17-12-14-20(27)15-13-17)28-25(32)23(30)22(18-8-4-2-5-9-18)29-24(31)19-10-6-3-7-11-19/h2-15,21-23,30H,16H2,1H3,(H,28,32)(H,29,31)/t21-,22-,23+/m0/s1. The summed E-state index contributed by atoms with van der Waals surface area (Å²) in [4.78, 5) is 38.1. The minimum atomic E-state index is -1.67. The number of amides is 2. The number of rotatable bonds is 9. The molecule has 0 spiro atoms. The SMILES string of the molecule is COC(=O)[C@H](Cc1ccc(Cl)cc1)NC(=O)[C@H](O)[C@@H](NC(=O)c1ccccc1)c1ccccc1. The van der Waals surface area contributed by atoms with Crippen LogP contribution >= 0.6 is 11.6 Å². The largest absolute Gasteiger partial charge is 0.467 e. The Morgan fingerprint density at radius 3 is 2.06 bits per heavy atom. The van der Waals surface area contributed by atoms with Gasteiger partial charge in [-0.2, -0.15) is 0 Å². The van der Waals surface area contributed by atoms with E-state index in [2.05, 4.69) is 10.6 Å². The van der Waals surface area contributed by atoms with E-state index in [1.807, 2.05) is 0 Å². The van der Waals surface area contributed by atoms with E-state index in [1.54, 1.807) is 84.9 Å². The summed E-state index contributed by atoms with van der Waals surface area (Å²) in [6, 6.07) is 21.8. The van der Waals surface area contributed by atoms with Crippen LogP contribution in [0.25, 0.3) is 0 Å². The molecular weight excluding hydrogens is 456 g/mol. The molecule has 2 amide bonds. The minimum absolute atomic E-state index is 0.134. The maximum atomic E-state index is 13.0. The first-order chi connectivity index (χ1) is 16.4. The fourth-order valence-corrected chi connectivity index (χ4v) is 3.55. The maximum Gasteiger partial charge on any atom is 0.328 e. The van der Waals surface area contributed by atoms with Crippen molar-refractivity contribution in [3.8, 4) is 0 Å². The van der Waals surface area contributed by atoms with Gasteiger partial charge in [0.2, 0.25) is 0 Å². The molecule has 3 aromatic rings. The lowest BCUT2D eigenvalue weighted by Crippen LogP contribution is -2.51. The van der Waals surface area contributed by atoms with Gasteiger partial charge in [-0.1, -0.05) is 72.3 Å². The molecule has 0 aliphatic heterocycles. The fourth-order valence-electron chi connectivity index (χ4n) is 3.42. The third kappa shape index (κ3) is 6.66. The van der Waals surface area contributed by atoms with Crippen molar-refractivity contribution < 1.29 is 24.2 Å². The summed E-state index contributed by atoms with van der Waals surface area (Å²) in [6.45, 7) is 0. The first-order valence-electron chi connectivity index (χ1n) is 10.6. The summed E-state index contributed by atoms with van der Waals surface area (Å²) < 4.78 is 4.83. The van der Waals surface area contributed by atoms with Gasteiger partial charge in [-0.15, -0.1) is 0 Å². The molecular formula is C26H25ClN2O5.